The number of aromatic nitrogens is 4. The monoisotopic (exact) mass is 312 g/mol. The number of hydrogen-bond donors (Lipinski definition) is 1. The molecule has 0 saturated carbocycles. The summed E-state index contributed by atoms with van der Waals surface area (Å²) >= 11 is 0. The number of ether oxygens (including phenoxy) is 2. The van der Waals surface area contributed by atoms with Gasteiger partial charge >= 0.3 is 0 Å². The average Bonchev–Trinajstić information content (AvgIpc) is 3.18. The summed E-state index contributed by atoms with van der Waals surface area (Å²) in [6.07, 6.45) is 7.09. The molecule has 1 aliphatic heterocycles. The van der Waals surface area contributed by atoms with Crippen LogP contribution in [0.2, 0.25) is 0 Å². The highest BCUT2D eigenvalue weighted by molar-refractivity contribution is 5.93. The Morgan fingerprint density at radius 3 is 3.04 bits per heavy atom. The van der Waals surface area contributed by atoms with Gasteiger partial charge < -0.3 is 9.47 Å². The molecule has 0 unspecified atom stereocenters. The minimum atomic E-state index is 0.684. The van der Waals surface area contributed by atoms with Gasteiger partial charge in [0.05, 0.1) is 31.5 Å². The van der Waals surface area contributed by atoms with Crippen molar-refractivity contribution in [3.8, 4) is 17.0 Å². The first-order chi connectivity index (χ1) is 11.4. The molecule has 1 aliphatic rings. The zero-order valence-corrected chi connectivity index (χ0v) is 13.0. The number of aromatic amines is 1. The molecule has 0 atom stereocenters. The maximum absolute atomic E-state index is 5.87. The first kappa shape index (κ1) is 14.3. The summed E-state index contributed by atoms with van der Waals surface area (Å²) in [6, 6.07) is 6.06. The summed E-state index contributed by atoms with van der Waals surface area (Å²) in [7, 11) is 0. The highest BCUT2D eigenvalue weighted by Crippen LogP contribution is 2.29. The molecule has 120 valence electrons. The molecule has 2 aromatic heterocycles. The summed E-state index contributed by atoms with van der Waals surface area (Å²) in [5, 5.41) is 13.0. The van der Waals surface area contributed by atoms with Gasteiger partial charge in [0.1, 0.15) is 11.4 Å². The molecule has 4 rings (SSSR count). The van der Waals surface area contributed by atoms with Crippen molar-refractivity contribution >= 4 is 10.9 Å². The molecule has 6 heteroatoms. The van der Waals surface area contributed by atoms with Crippen LogP contribution in [-0.4, -0.2) is 39.8 Å². The molecule has 3 aromatic rings. The van der Waals surface area contributed by atoms with Crippen LogP contribution in [-0.2, 0) is 11.3 Å². The molecule has 0 saturated heterocycles. The van der Waals surface area contributed by atoms with Crippen LogP contribution in [0.3, 0.4) is 0 Å². The maximum atomic E-state index is 5.87. The number of nitrogens with zero attached hydrogens (tertiary/aromatic N) is 3. The molecule has 4 bridgehead atoms. The van der Waals surface area contributed by atoms with Gasteiger partial charge in [0.15, 0.2) is 0 Å². The third kappa shape index (κ3) is 3.07. The van der Waals surface area contributed by atoms with E-state index >= 15 is 0 Å². The van der Waals surface area contributed by atoms with Crippen molar-refractivity contribution in [1.82, 2.24) is 20.0 Å². The van der Waals surface area contributed by atoms with E-state index in [9.17, 15) is 0 Å². The van der Waals surface area contributed by atoms with Crippen LogP contribution in [0.25, 0.3) is 22.2 Å². The fraction of sp³-hybridized carbons (Fsp3) is 0.412. The van der Waals surface area contributed by atoms with Crippen molar-refractivity contribution in [3.05, 3.63) is 30.6 Å². The van der Waals surface area contributed by atoms with Gasteiger partial charge in [0.2, 0.25) is 0 Å². The number of rotatable bonds is 0. The van der Waals surface area contributed by atoms with Gasteiger partial charge in [-0.2, -0.15) is 10.2 Å². The van der Waals surface area contributed by atoms with Crippen LogP contribution < -0.4 is 4.74 Å². The largest absolute Gasteiger partial charge is 0.494 e. The molecular formula is C17H20N4O2. The van der Waals surface area contributed by atoms with E-state index in [4.69, 9.17) is 9.47 Å². The summed E-state index contributed by atoms with van der Waals surface area (Å²) < 4.78 is 13.4. The van der Waals surface area contributed by atoms with E-state index < -0.39 is 0 Å². The first-order valence-corrected chi connectivity index (χ1v) is 8.12. The summed E-state index contributed by atoms with van der Waals surface area (Å²) in [5.74, 6) is 0.885. The summed E-state index contributed by atoms with van der Waals surface area (Å²) in [6.45, 7) is 2.97. The van der Waals surface area contributed by atoms with E-state index in [0.717, 1.165) is 66.9 Å². The Balaban J connectivity index is 1.70. The predicted molar refractivity (Wildman–Crippen MR) is 87.5 cm³/mol. The first-order valence-electron chi connectivity index (χ1n) is 8.12. The molecule has 0 aliphatic carbocycles. The second-order valence-electron chi connectivity index (χ2n) is 5.79. The summed E-state index contributed by atoms with van der Waals surface area (Å²) in [5.41, 5.74) is 2.91. The van der Waals surface area contributed by atoms with Gasteiger partial charge in [0.25, 0.3) is 0 Å². The zero-order valence-electron chi connectivity index (χ0n) is 13.0. The van der Waals surface area contributed by atoms with Crippen LogP contribution in [0.4, 0.5) is 0 Å². The Hall–Kier alpha value is -2.34. The predicted octanol–water partition coefficient (Wildman–Crippen LogP) is 3.01. The van der Waals surface area contributed by atoms with Crippen molar-refractivity contribution in [2.45, 2.75) is 25.8 Å². The van der Waals surface area contributed by atoms with E-state index in [-0.39, 0.29) is 0 Å². The Bertz CT molecular complexity index is 793. The topological polar surface area (TPSA) is 65.0 Å². The third-order valence-corrected chi connectivity index (χ3v) is 4.11. The SMILES string of the molecule is c1cc2[nH]nc3c2cc1OCCCCCOCCn1cc-3cn1. The number of H-pyrrole nitrogens is 1. The molecule has 1 aromatic carbocycles. The van der Waals surface area contributed by atoms with E-state index in [1.165, 1.54) is 0 Å². The van der Waals surface area contributed by atoms with Gasteiger partial charge in [-0.3, -0.25) is 9.78 Å². The molecular weight excluding hydrogens is 292 g/mol. The average molecular weight is 312 g/mol. The molecule has 0 spiro atoms. The van der Waals surface area contributed by atoms with Gasteiger partial charge in [0, 0.05) is 23.8 Å². The second-order valence-corrected chi connectivity index (χ2v) is 5.79. The van der Waals surface area contributed by atoms with Crippen molar-refractivity contribution in [2.24, 2.45) is 0 Å². The minimum Gasteiger partial charge on any atom is -0.494 e. The third-order valence-electron chi connectivity index (χ3n) is 4.11. The van der Waals surface area contributed by atoms with Crippen LogP contribution in [0, 0.1) is 0 Å². The van der Waals surface area contributed by atoms with Crippen LogP contribution >= 0.6 is 0 Å². The Labute approximate surface area is 134 Å². The quantitative estimate of drug-likeness (QED) is 0.693. The van der Waals surface area contributed by atoms with Crippen molar-refractivity contribution in [1.29, 1.82) is 0 Å². The lowest BCUT2D eigenvalue weighted by Crippen LogP contribution is -2.07. The molecule has 1 N–H and O–H groups in total. The lowest BCUT2D eigenvalue weighted by Gasteiger charge is -2.08. The number of nitrogens with one attached hydrogen (secondary N) is 1. The zero-order chi connectivity index (χ0) is 15.5. The molecule has 0 radical (unpaired) electrons. The highest BCUT2D eigenvalue weighted by Gasteiger charge is 2.11. The number of hydrogen-bond acceptors (Lipinski definition) is 4. The van der Waals surface area contributed by atoms with Crippen LogP contribution in [0.1, 0.15) is 19.3 Å². The van der Waals surface area contributed by atoms with E-state index in [2.05, 4.69) is 21.4 Å². The van der Waals surface area contributed by atoms with Gasteiger partial charge in [-0.05, 0) is 37.5 Å². The van der Waals surface area contributed by atoms with Gasteiger partial charge in [-0.15, -0.1) is 0 Å². The Kier molecular flexibility index (Phi) is 3.98. The lowest BCUT2D eigenvalue weighted by molar-refractivity contribution is 0.119. The molecule has 0 amide bonds. The molecule has 3 heterocycles. The Morgan fingerprint density at radius 2 is 2.04 bits per heavy atom. The van der Waals surface area contributed by atoms with E-state index in [0.29, 0.717) is 6.61 Å². The maximum Gasteiger partial charge on any atom is 0.120 e. The smallest absolute Gasteiger partial charge is 0.120 e. The molecule has 0 fully saturated rings. The van der Waals surface area contributed by atoms with Gasteiger partial charge in [-0.1, -0.05) is 0 Å². The highest BCUT2D eigenvalue weighted by atomic mass is 16.5. The van der Waals surface area contributed by atoms with Crippen molar-refractivity contribution in [3.63, 3.8) is 0 Å². The van der Waals surface area contributed by atoms with E-state index in [1.54, 1.807) is 0 Å². The van der Waals surface area contributed by atoms with Gasteiger partial charge in [-0.25, -0.2) is 0 Å². The molecule has 6 nitrogen and oxygen atoms in total. The molecule has 23 heavy (non-hydrogen) atoms. The number of fused-ring (bicyclic) bond motifs is 4. The fourth-order valence-corrected chi connectivity index (χ4v) is 2.84. The Morgan fingerprint density at radius 1 is 1.09 bits per heavy atom. The summed E-state index contributed by atoms with van der Waals surface area (Å²) in [4.78, 5) is 0. The second kappa shape index (κ2) is 6.42. The number of benzene rings is 1. The van der Waals surface area contributed by atoms with Crippen LogP contribution in [0.15, 0.2) is 30.6 Å². The normalized spacial score (nSPS) is 16.5. The van der Waals surface area contributed by atoms with Crippen molar-refractivity contribution < 1.29 is 9.47 Å². The van der Waals surface area contributed by atoms with Crippen molar-refractivity contribution in [2.75, 3.05) is 19.8 Å². The van der Waals surface area contributed by atoms with Crippen LogP contribution in [0.5, 0.6) is 5.75 Å². The fourth-order valence-electron chi connectivity index (χ4n) is 2.84. The standard InChI is InChI=1S/C17H20N4O2/c1-2-7-22-9-6-21-12-13(11-18-21)17-15-10-14(23-8-3-1)4-5-16(15)19-20-17/h4-5,10-12H,1-3,6-9H2,(H,19,20). The lowest BCUT2D eigenvalue weighted by atomic mass is 10.1. The minimum absolute atomic E-state index is 0.684. The van der Waals surface area contributed by atoms with E-state index in [1.807, 2.05) is 29.2 Å².